The van der Waals surface area contributed by atoms with E-state index in [1.54, 1.807) is 17.0 Å². The molecule has 1 fully saturated rings. The van der Waals surface area contributed by atoms with Gasteiger partial charge in [-0.05, 0) is 37.0 Å². The average molecular weight is 330 g/mol. The molecule has 2 atom stereocenters. The van der Waals surface area contributed by atoms with Gasteiger partial charge in [0.2, 0.25) is 5.91 Å². The van der Waals surface area contributed by atoms with Gasteiger partial charge in [-0.3, -0.25) is 9.59 Å². The van der Waals surface area contributed by atoms with Gasteiger partial charge in [0.15, 0.2) is 0 Å². The average Bonchev–Trinajstić information content (AvgIpc) is 3.19. The number of benzene rings is 1. The summed E-state index contributed by atoms with van der Waals surface area (Å²) in [7, 11) is 0. The van der Waals surface area contributed by atoms with Gasteiger partial charge in [0.05, 0.1) is 6.42 Å². The molecule has 0 aromatic heterocycles. The first-order valence-corrected chi connectivity index (χ1v) is 7.65. The number of carbonyl (C=O) groups is 2. The standard InChI is InChI=1S/C15H17Cl2NO3/c1-2-18(6-5-14(19)20)15(21)12-8-11(12)10-4-3-9(16)7-13(10)17/h3-4,7,11-12H,2,5-6,8H2,1H3,(H,19,20). The van der Waals surface area contributed by atoms with Crippen LogP contribution in [-0.2, 0) is 9.59 Å². The zero-order chi connectivity index (χ0) is 15.6. The molecule has 21 heavy (non-hydrogen) atoms. The van der Waals surface area contributed by atoms with Crippen LogP contribution in [0.25, 0.3) is 0 Å². The van der Waals surface area contributed by atoms with Gasteiger partial charge in [0, 0.05) is 29.1 Å². The van der Waals surface area contributed by atoms with Crippen LogP contribution in [0.4, 0.5) is 0 Å². The number of carboxylic acid groups (broad SMARTS) is 1. The Morgan fingerprint density at radius 1 is 1.38 bits per heavy atom. The first-order valence-electron chi connectivity index (χ1n) is 6.89. The van der Waals surface area contributed by atoms with Crippen LogP contribution in [0, 0.1) is 5.92 Å². The number of hydrogen-bond donors (Lipinski definition) is 1. The largest absolute Gasteiger partial charge is 0.481 e. The van der Waals surface area contributed by atoms with Crippen molar-refractivity contribution in [2.24, 2.45) is 5.92 Å². The maximum absolute atomic E-state index is 12.4. The van der Waals surface area contributed by atoms with Gasteiger partial charge in [-0.25, -0.2) is 0 Å². The highest BCUT2D eigenvalue weighted by molar-refractivity contribution is 6.35. The maximum atomic E-state index is 12.4. The quantitative estimate of drug-likeness (QED) is 0.869. The molecule has 6 heteroatoms. The summed E-state index contributed by atoms with van der Waals surface area (Å²) >= 11 is 12.0. The molecule has 0 saturated heterocycles. The van der Waals surface area contributed by atoms with Crippen molar-refractivity contribution in [3.63, 3.8) is 0 Å². The first-order chi connectivity index (χ1) is 9.93. The van der Waals surface area contributed by atoms with Gasteiger partial charge in [0.1, 0.15) is 0 Å². The topological polar surface area (TPSA) is 57.6 Å². The predicted molar refractivity (Wildman–Crippen MR) is 81.8 cm³/mol. The zero-order valence-electron chi connectivity index (χ0n) is 11.7. The van der Waals surface area contributed by atoms with E-state index in [-0.39, 0.29) is 30.7 Å². The fourth-order valence-corrected chi connectivity index (χ4v) is 3.05. The Balaban J connectivity index is 2.00. The number of nitrogens with zero attached hydrogens (tertiary/aromatic N) is 1. The molecule has 1 aromatic carbocycles. The van der Waals surface area contributed by atoms with Crippen molar-refractivity contribution in [3.8, 4) is 0 Å². The summed E-state index contributed by atoms with van der Waals surface area (Å²) in [4.78, 5) is 24.6. The lowest BCUT2D eigenvalue weighted by atomic mass is 10.1. The molecule has 2 unspecified atom stereocenters. The van der Waals surface area contributed by atoms with Gasteiger partial charge < -0.3 is 10.0 Å². The first kappa shape index (κ1) is 16.1. The van der Waals surface area contributed by atoms with E-state index in [1.165, 1.54) is 0 Å². The van der Waals surface area contributed by atoms with Crippen LogP contribution >= 0.6 is 23.2 Å². The van der Waals surface area contributed by atoms with Crippen molar-refractivity contribution < 1.29 is 14.7 Å². The van der Waals surface area contributed by atoms with Crippen molar-refractivity contribution in [2.45, 2.75) is 25.7 Å². The van der Waals surface area contributed by atoms with E-state index in [2.05, 4.69) is 0 Å². The van der Waals surface area contributed by atoms with Crippen molar-refractivity contribution in [3.05, 3.63) is 33.8 Å². The molecule has 0 heterocycles. The number of amides is 1. The van der Waals surface area contributed by atoms with Crippen LogP contribution in [0.5, 0.6) is 0 Å². The van der Waals surface area contributed by atoms with Crippen molar-refractivity contribution in [1.29, 1.82) is 0 Å². The highest BCUT2D eigenvalue weighted by Gasteiger charge is 2.46. The molecule has 0 radical (unpaired) electrons. The molecule has 1 aliphatic carbocycles. The van der Waals surface area contributed by atoms with Gasteiger partial charge in [-0.2, -0.15) is 0 Å². The lowest BCUT2D eigenvalue weighted by Crippen LogP contribution is -2.34. The molecule has 1 amide bonds. The Hall–Kier alpha value is -1.26. The number of aliphatic carboxylic acids is 1. The van der Waals surface area contributed by atoms with Crippen molar-refractivity contribution in [2.75, 3.05) is 13.1 Å². The minimum Gasteiger partial charge on any atom is -0.481 e. The molecule has 1 aliphatic rings. The summed E-state index contributed by atoms with van der Waals surface area (Å²) in [5.41, 5.74) is 0.939. The van der Waals surface area contributed by atoms with Crippen LogP contribution in [0.15, 0.2) is 18.2 Å². The normalized spacial score (nSPS) is 20.1. The highest BCUT2D eigenvalue weighted by atomic mass is 35.5. The van der Waals surface area contributed by atoms with E-state index in [0.29, 0.717) is 16.6 Å². The van der Waals surface area contributed by atoms with E-state index < -0.39 is 5.97 Å². The maximum Gasteiger partial charge on any atom is 0.305 e. The smallest absolute Gasteiger partial charge is 0.305 e. The second kappa shape index (κ2) is 6.67. The Kier molecular flexibility index (Phi) is 5.12. The van der Waals surface area contributed by atoms with E-state index in [9.17, 15) is 9.59 Å². The van der Waals surface area contributed by atoms with Crippen LogP contribution < -0.4 is 0 Å². The van der Waals surface area contributed by atoms with Crippen LogP contribution in [0.2, 0.25) is 10.0 Å². The number of rotatable bonds is 6. The van der Waals surface area contributed by atoms with Gasteiger partial charge in [-0.1, -0.05) is 29.3 Å². The molecule has 4 nitrogen and oxygen atoms in total. The summed E-state index contributed by atoms with van der Waals surface area (Å²) in [5, 5.41) is 9.87. The summed E-state index contributed by atoms with van der Waals surface area (Å²) in [6.07, 6.45) is 0.725. The molecule has 0 aliphatic heterocycles. The molecule has 2 rings (SSSR count). The monoisotopic (exact) mass is 329 g/mol. The molecule has 0 spiro atoms. The molecular weight excluding hydrogens is 313 g/mol. The summed E-state index contributed by atoms with van der Waals surface area (Å²) < 4.78 is 0. The van der Waals surface area contributed by atoms with Gasteiger partial charge >= 0.3 is 5.97 Å². The summed E-state index contributed by atoms with van der Waals surface area (Å²) in [6.45, 7) is 2.62. The highest BCUT2D eigenvalue weighted by Crippen LogP contribution is 2.50. The Morgan fingerprint density at radius 3 is 2.67 bits per heavy atom. The Bertz CT molecular complexity index is 562. The minimum absolute atomic E-state index is 0.00904. The molecule has 1 saturated carbocycles. The third-order valence-corrected chi connectivity index (χ3v) is 4.32. The lowest BCUT2D eigenvalue weighted by molar-refractivity contribution is -0.138. The van der Waals surface area contributed by atoms with Crippen LogP contribution in [0.1, 0.15) is 31.2 Å². The van der Waals surface area contributed by atoms with E-state index in [1.807, 2.05) is 13.0 Å². The second-order valence-electron chi connectivity index (χ2n) is 5.18. The van der Waals surface area contributed by atoms with E-state index in [0.717, 1.165) is 12.0 Å². The number of carbonyl (C=O) groups excluding carboxylic acids is 1. The minimum atomic E-state index is -0.894. The third-order valence-electron chi connectivity index (χ3n) is 3.76. The fraction of sp³-hybridized carbons (Fsp3) is 0.467. The summed E-state index contributed by atoms with van der Waals surface area (Å²) in [6, 6.07) is 5.31. The van der Waals surface area contributed by atoms with E-state index >= 15 is 0 Å². The molecular formula is C15H17Cl2NO3. The number of hydrogen-bond acceptors (Lipinski definition) is 2. The van der Waals surface area contributed by atoms with Crippen LogP contribution in [-0.4, -0.2) is 35.0 Å². The SMILES string of the molecule is CCN(CCC(=O)O)C(=O)C1CC1c1ccc(Cl)cc1Cl. The Morgan fingerprint density at radius 2 is 2.10 bits per heavy atom. The zero-order valence-corrected chi connectivity index (χ0v) is 13.2. The molecule has 0 bridgehead atoms. The van der Waals surface area contributed by atoms with Gasteiger partial charge in [0.25, 0.3) is 0 Å². The fourth-order valence-electron chi connectivity index (χ4n) is 2.50. The molecule has 114 valence electrons. The third kappa shape index (κ3) is 3.89. The van der Waals surface area contributed by atoms with E-state index in [4.69, 9.17) is 28.3 Å². The predicted octanol–water partition coefficient (Wildman–Crippen LogP) is 3.42. The summed E-state index contributed by atoms with van der Waals surface area (Å²) in [5.74, 6) is -0.873. The number of carboxylic acids is 1. The van der Waals surface area contributed by atoms with Gasteiger partial charge in [-0.15, -0.1) is 0 Å². The van der Waals surface area contributed by atoms with Crippen LogP contribution in [0.3, 0.4) is 0 Å². The lowest BCUT2D eigenvalue weighted by Gasteiger charge is -2.20. The Labute approximate surface area is 133 Å². The molecule has 1 aromatic rings. The second-order valence-corrected chi connectivity index (χ2v) is 6.02. The number of halogens is 2. The molecule has 1 N–H and O–H groups in total. The van der Waals surface area contributed by atoms with Crippen molar-refractivity contribution >= 4 is 35.1 Å². The van der Waals surface area contributed by atoms with Crippen molar-refractivity contribution in [1.82, 2.24) is 4.90 Å².